The van der Waals surface area contributed by atoms with E-state index in [1.54, 1.807) is 13.7 Å². The summed E-state index contributed by atoms with van der Waals surface area (Å²) in [7, 11) is -0.256. The van der Waals surface area contributed by atoms with E-state index in [0.29, 0.717) is 18.3 Å². The summed E-state index contributed by atoms with van der Waals surface area (Å²) in [6.45, 7) is 4.44. The van der Waals surface area contributed by atoms with Gasteiger partial charge in [-0.3, -0.25) is 4.79 Å². The average Bonchev–Trinajstić information content (AvgIpc) is 2.33. The first-order chi connectivity index (χ1) is 9.14. The Bertz CT molecular complexity index is 389. The van der Waals surface area contributed by atoms with Crippen LogP contribution in [0, 0.1) is 17.3 Å². The van der Waals surface area contributed by atoms with E-state index in [1.165, 1.54) is 0 Å². The molecule has 0 spiro atoms. The fourth-order valence-electron chi connectivity index (χ4n) is 3.28. The van der Waals surface area contributed by atoms with E-state index < -0.39 is 14.2 Å². The molecule has 0 aromatic rings. The lowest BCUT2D eigenvalue weighted by Gasteiger charge is -2.60. The van der Waals surface area contributed by atoms with E-state index in [1.807, 2.05) is 0 Å². The maximum atomic E-state index is 11.6. The van der Waals surface area contributed by atoms with Crippen LogP contribution in [-0.2, 0) is 4.65 Å². The van der Waals surface area contributed by atoms with E-state index in [4.69, 9.17) is 4.65 Å². The second-order valence-corrected chi connectivity index (χ2v) is 13.7. The standard InChI is InChI=1S/C12H23BNO3S3/c1-12(2)7-4-8(12)10(15)9(5-7)17-13-6-14-11(16)20(3,18)19/h7-10,15,18-19H,4-6H2,1-3H3,(H,14,16). The number of aliphatic hydroxyl groups is 1. The second-order valence-electron chi connectivity index (χ2n) is 6.43. The predicted octanol–water partition coefficient (Wildman–Crippen LogP) is 2.21. The molecule has 1 radical (unpaired) electrons. The molecule has 0 aliphatic heterocycles. The molecule has 1 amide bonds. The largest absolute Gasteiger partial charge is 0.433 e. The third-order valence-corrected chi connectivity index (χ3v) is 6.65. The number of nitrogens with one attached hydrogen (secondary N) is 1. The molecule has 3 aliphatic rings. The van der Waals surface area contributed by atoms with Gasteiger partial charge in [0.25, 0.3) is 5.24 Å². The van der Waals surface area contributed by atoms with Gasteiger partial charge in [-0.2, -0.15) is 0 Å². The number of carbonyl (C=O) groups is 1. The summed E-state index contributed by atoms with van der Waals surface area (Å²) in [4.78, 5) is 11.6. The van der Waals surface area contributed by atoms with Crippen molar-refractivity contribution >= 4 is 44.1 Å². The summed E-state index contributed by atoms with van der Waals surface area (Å²) in [5.74, 6) is 0.961. The summed E-state index contributed by atoms with van der Waals surface area (Å²) >= 11 is 8.29. The van der Waals surface area contributed by atoms with E-state index in [2.05, 4.69) is 42.5 Å². The number of fused-ring (bicyclic) bond motifs is 2. The minimum absolute atomic E-state index is 0.144. The Hall–Kier alpha value is 0.505. The van der Waals surface area contributed by atoms with Crippen molar-refractivity contribution in [1.82, 2.24) is 5.32 Å². The molecule has 4 unspecified atom stereocenters. The molecule has 0 saturated heterocycles. The van der Waals surface area contributed by atoms with Gasteiger partial charge < -0.3 is 15.1 Å². The van der Waals surface area contributed by atoms with E-state index >= 15 is 0 Å². The van der Waals surface area contributed by atoms with Crippen LogP contribution in [0.3, 0.4) is 0 Å². The van der Waals surface area contributed by atoms with Gasteiger partial charge in [-0.05, 0) is 36.3 Å². The molecule has 4 nitrogen and oxygen atoms in total. The van der Waals surface area contributed by atoms with Crippen molar-refractivity contribution in [2.24, 2.45) is 17.3 Å². The molecule has 8 heteroatoms. The SMILES string of the molecule is CC1(C)C2CC(O[B]CNC(=O)S(C)(S)S)C(O)C1C2. The van der Waals surface area contributed by atoms with E-state index in [0.717, 1.165) is 12.8 Å². The van der Waals surface area contributed by atoms with Crippen LogP contribution < -0.4 is 5.32 Å². The molecule has 0 heterocycles. The zero-order valence-corrected chi connectivity index (χ0v) is 14.7. The van der Waals surface area contributed by atoms with Crippen LogP contribution >= 0.6 is 31.4 Å². The fraction of sp³-hybridized carbons (Fsp3) is 0.917. The van der Waals surface area contributed by atoms with Crippen molar-refractivity contribution in [1.29, 1.82) is 0 Å². The highest BCUT2D eigenvalue weighted by molar-refractivity contribution is 9.22. The monoisotopic (exact) mass is 336 g/mol. The number of carbonyl (C=O) groups excluding carboxylic acids is 1. The van der Waals surface area contributed by atoms with Gasteiger partial charge in [-0.25, -0.2) is 0 Å². The van der Waals surface area contributed by atoms with Crippen LogP contribution in [0.25, 0.3) is 0 Å². The highest BCUT2D eigenvalue weighted by Crippen LogP contribution is 2.59. The molecule has 0 aromatic heterocycles. The molecular weight excluding hydrogens is 313 g/mol. The Morgan fingerprint density at radius 1 is 1.50 bits per heavy atom. The van der Waals surface area contributed by atoms with E-state index in [-0.39, 0.29) is 16.8 Å². The summed E-state index contributed by atoms with van der Waals surface area (Å²) < 4.78 is 5.62. The van der Waals surface area contributed by atoms with Crippen molar-refractivity contribution in [2.45, 2.75) is 38.9 Å². The van der Waals surface area contributed by atoms with Gasteiger partial charge in [-0.1, -0.05) is 21.9 Å². The predicted molar refractivity (Wildman–Crippen MR) is 91.5 cm³/mol. The zero-order valence-electron chi connectivity index (χ0n) is 12.1. The Labute approximate surface area is 133 Å². The summed E-state index contributed by atoms with van der Waals surface area (Å²) in [6, 6.07) is 0. The van der Waals surface area contributed by atoms with Gasteiger partial charge in [0.2, 0.25) is 0 Å². The molecule has 115 valence electrons. The van der Waals surface area contributed by atoms with Crippen molar-refractivity contribution < 1.29 is 14.6 Å². The number of thiol groups is 2. The number of rotatable bonds is 4. The van der Waals surface area contributed by atoms with Gasteiger partial charge in [-0.15, -0.1) is 23.3 Å². The maximum Gasteiger partial charge on any atom is 0.313 e. The molecule has 2 N–H and O–H groups in total. The zero-order chi connectivity index (χ0) is 15.1. The first kappa shape index (κ1) is 16.9. The highest BCUT2D eigenvalue weighted by atomic mass is 33.5. The minimum Gasteiger partial charge on any atom is -0.433 e. The molecule has 3 fully saturated rings. The Morgan fingerprint density at radius 3 is 2.65 bits per heavy atom. The van der Waals surface area contributed by atoms with E-state index in [9.17, 15) is 9.90 Å². The van der Waals surface area contributed by atoms with Gasteiger partial charge >= 0.3 is 7.48 Å². The quantitative estimate of drug-likeness (QED) is 0.276. The van der Waals surface area contributed by atoms with Crippen LogP contribution in [0.4, 0.5) is 4.79 Å². The summed E-state index contributed by atoms with van der Waals surface area (Å²) in [5, 5.41) is 12.8. The normalized spacial score (nSPS) is 35.9. The Kier molecular flexibility index (Phi) is 5.02. The number of aliphatic hydroxyl groups excluding tert-OH is 1. The molecule has 3 saturated carbocycles. The fourth-order valence-corrected chi connectivity index (χ4v) is 4.03. The first-order valence-electron chi connectivity index (χ1n) is 6.80. The van der Waals surface area contributed by atoms with Crippen molar-refractivity contribution in [3.05, 3.63) is 0 Å². The summed E-state index contributed by atoms with van der Waals surface area (Å²) in [6.07, 6.45) is 3.44. The lowest BCUT2D eigenvalue weighted by atomic mass is 9.47. The van der Waals surface area contributed by atoms with Crippen LogP contribution in [0.5, 0.6) is 0 Å². The molecule has 0 aromatic carbocycles. The minimum atomic E-state index is -1.82. The molecule has 2 bridgehead atoms. The van der Waals surface area contributed by atoms with Crippen LogP contribution in [0.15, 0.2) is 0 Å². The third-order valence-electron chi connectivity index (χ3n) is 4.81. The van der Waals surface area contributed by atoms with Gasteiger partial charge in [0, 0.05) is 6.44 Å². The molecule has 3 rings (SSSR count). The number of hydrogen-bond acceptors (Lipinski definition) is 5. The number of amides is 1. The van der Waals surface area contributed by atoms with Crippen molar-refractivity contribution in [2.75, 3.05) is 12.7 Å². The van der Waals surface area contributed by atoms with Crippen LogP contribution in [0.1, 0.15) is 26.7 Å². The van der Waals surface area contributed by atoms with Crippen LogP contribution in [0.2, 0.25) is 0 Å². The Morgan fingerprint density at radius 2 is 2.15 bits per heavy atom. The third kappa shape index (κ3) is 3.29. The van der Waals surface area contributed by atoms with Crippen molar-refractivity contribution in [3.8, 4) is 0 Å². The first-order valence-corrected chi connectivity index (χ1v) is 10.9. The molecule has 4 atom stereocenters. The topological polar surface area (TPSA) is 58.6 Å². The highest BCUT2D eigenvalue weighted by Gasteiger charge is 2.57. The van der Waals surface area contributed by atoms with Gasteiger partial charge in [0.05, 0.1) is 12.2 Å². The smallest absolute Gasteiger partial charge is 0.313 e. The lowest BCUT2D eigenvalue weighted by molar-refractivity contribution is -0.185. The molecule has 20 heavy (non-hydrogen) atoms. The lowest BCUT2D eigenvalue weighted by Crippen LogP contribution is -2.61. The van der Waals surface area contributed by atoms with Crippen LogP contribution in [-0.4, -0.2) is 42.7 Å². The van der Waals surface area contributed by atoms with Gasteiger partial charge in [0.1, 0.15) is 0 Å². The number of hydrogen-bond donors (Lipinski definition) is 4. The van der Waals surface area contributed by atoms with Gasteiger partial charge in [0.15, 0.2) is 0 Å². The Balaban J connectivity index is 1.70. The molecular formula is C12H23BNO3S3. The molecule has 3 aliphatic carbocycles. The van der Waals surface area contributed by atoms with Crippen molar-refractivity contribution in [3.63, 3.8) is 0 Å². The second kappa shape index (κ2) is 5.95. The summed E-state index contributed by atoms with van der Waals surface area (Å²) in [5.41, 5.74) is 0.233. The maximum absolute atomic E-state index is 11.6. The average molecular weight is 336 g/mol.